The molecule has 1 atom stereocenters. The number of hydrogen-bond donors (Lipinski definition) is 1. The summed E-state index contributed by atoms with van der Waals surface area (Å²) in [4.78, 5) is 14.8. The summed E-state index contributed by atoms with van der Waals surface area (Å²) < 4.78 is 0. The minimum Gasteiger partial charge on any atom is -0.317 e. The van der Waals surface area contributed by atoms with Crippen LogP contribution in [0.15, 0.2) is 36.4 Å². The quantitative estimate of drug-likeness (QED) is 0.272. The number of carbonyl (C=O) groups is 1. The molecular weight excluding hydrogens is 524 g/mol. The van der Waals surface area contributed by atoms with E-state index in [9.17, 15) is 4.79 Å². The molecule has 0 bridgehead atoms. The lowest BCUT2D eigenvalue weighted by Gasteiger charge is -2.40. The summed E-state index contributed by atoms with van der Waals surface area (Å²) in [5.74, 6) is 1.25. The van der Waals surface area contributed by atoms with E-state index in [1.54, 1.807) is 0 Å². The van der Waals surface area contributed by atoms with Crippen molar-refractivity contribution in [3.63, 3.8) is 0 Å². The molecule has 2 aliphatic rings. The molecular formula is C40H74N2O. The van der Waals surface area contributed by atoms with Crippen LogP contribution < -0.4 is 5.32 Å². The van der Waals surface area contributed by atoms with Crippen molar-refractivity contribution >= 4 is 11.4 Å². The third-order valence-corrected chi connectivity index (χ3v) is 7.98. The molecule has 1 unspecified atom stereocenters. The van der Waals surface area contributed by atoms with Gasteiger partial charge in [-0.05, 0) is 107 Å². The first-order valence-electron chi connectivity index (χ1n) is 18.2. The maximum Gasteiger partial charge on any atom is 0.132 e. The number of allylic oxidation sites excluding steroid dienone is 3. The summed E-state index contributed by atoms with van der Waals surface area (Å²) in [7, 11) is 0. The average molecular weight is 599 g/mol. The van der Waals surface area contributed by atoms with Gasteiger partial charge in [0, 0.05) is 24.8 Å². The van der Waals surface area contributed by atoms with Crippen LogP contribution in [0.1, 0.15) is 163 Å². The third kappa shape index (κ3) is 16.3. The van der Waals surface area contributed by atoms with Gasteiger partial charge in [-0.3, -0.25) is 4.79 Å². The lowest BCUT2D eigenvalue weighted by Crippen LogP contribution is -2.46. The summed E-state index contributed by atoms with van der Waals surface area (Å²) in [6.45, 7) is 34.2. The van der Waals surface area contributed by atoms with Gasteiger partial charge in [-0.15, -0.1) is 0 Å². The van der Waals surface area contributed by atoms with Crippen LogP contribution in [0.3, 0.4) is 0 Å². The van der Waals surface area contributed by atoms with Gasteiger partial charge in [0.05, 0.1) is 0 Å². The second kappa shape index (κ2) is 27.8. The predicted molar refractivity (Wildman–Crippen MR) is 196 cm³/mol. The van der Waals surface area contributed by atoms with Crippen LogP contribution in [-0.4, -0.2) is 42.9 Å². The van der Waals surface area contributed by atoms with Gasteiger partial charge in [0.2, 0.25) is 0 Å². The average Bonchev–Trinajstić information content (AvgIpc) is 3.04. The first-order valence-corrected chi connectivity index (χ1v) is 18.2. The molecule has 2 heterocycles. The Kier molecular flexibility index (Phi) is 28.1. The number of piperidine rings is 2. The second-order valence-corrected chi connectivity index (χ2v) is 11.6. The van der Waals surface area contributed by atoms with Crippen molar-refractivity contribution in [2.45, 2.75) is 159 Å². The zero-order chi connectivity index (χ0) is 33.2. The van der Waals surface area contributed by atoms with Crippen LogP contribution in [-0.2, 0) is 4.79 Å². The molecule has 0 saturated carbocycles. The van der Waals surface area contributed by atoms with Gasteiger partial charge in [-0.2, -0.15) is 0 Å². The third-order valence-electron chi connectivity index (χ3n) is 7.98. The molecule has 0 aliphatic carbocycles. The van der Waals surface area contributed by atoms with Crippen LogP contribution >= 0.6 is 0 Å². The Morgan fingerprint density at radius 2 is 1.49 bits per heavy atom. The molecule has 3 nitrogen and oxygen atoms in total. The SMILES string of the molecule is C=C(C)C(CCC(=O)CC)/C(=C\CC)c1cccc(C2CCN(C3CCNCC3)CC2)c1C.CC.CC.CCC.CCC. The Bertz CT molecular complexity index is 855. The summed E-state index contributed by atoms with van der Waals surface area (Å²) in [5, 5.41) is 3.50. The van der Waals surface area contributed by atoms with E-state index in [1.165, 1.54) is 92.5 Å². The topological polar surface area (TPSA) is 32.3 Å². The lowest BCUT2D eigenvalue weighted by atomic mass is 9.78. The molecule has 0 spiro atoms. The number of benzene rings is 1. The molecule has 43 heavy (non-hydrogen) atoms. The molecule has 250 valence electrons. The Balaban J connectivity index is 0. The molecule has 0 aromatic heterocycles. The van der Waals surface area contributed by atoms with Gasteiger partial charge in [0.15, 0.2) is 0 Å². The Hall–Kier alpha value is -1.71. The number of rotatable bonds is 10. The highest BCUT2D eigenvalue weighted by Gasteiger charge is 2.28. The molecule has 0 radical (unpaired) electrons. The van der Waals surface area contributed by atoms with E-state index in [2.05, 4.69) is 89.5 Å². The van der Waals surface area contributed by atoms with Crippen molar-refractivity contribution in [2.24, 2.45) is 5.92 Å². The van der Waals surface area contributed by atoms with E-state index in [4.69, 9.17) is 0 Å². The van der Waals surface area contributed by atoms with Gasteiger partial charge in [0.25, 0.3) is 0 Å². The summed E-state index contributed by atoms with van der Waals surface area (Å²) >= 11 is 0. The van der Waals surface area contributed by atoms with Crippen molar-refractivity contribution in [3.05, 3.63) is 53.1 Å². The fraction of sp³-hybridized carbons (Fsp3) is 0.725. The highest BCUT2D eigenvalue weighted by Crippen LogP contribution is 2.39. The summed E-state index contributed by atoms with van der Waals surface area (Å²) in [5.41, 5.74) is 6.88. The number of Topliss-reactive ketones (excluding diaryl/α,β-unsaturated/α-hetero) is 1. The number of nitrogens with one attached hydrogen (secondary N) is 1. The molecule has 2 saturated heterocycles. The van der Waals surface area contributed by atoms with E-state index < -0.39 is 0 Å². The van der Waals surface area contributed by atoms with Crippen LogP contribution in [0.2, 0.25) is 0 Å². The Morgan fingerprint density at radius 1 is 0.953 bits per heavy atom. The van der Waals surface area contributed by atoms with Crippen LogP contribution in [0, 0.1) is 12.8 Å². The lowest BCUT2D eigenvalue weighted by molar-refractivity contribution is -0.118. The number of likely N-dealkylation sites (tertiary alicyclic amines) is 1. The van der Waals surface area contributed by atoms with Crippen LogP contribution in [0.4, 0.5) is 0 Å². The van der Waals surface area contributed by atoms with E-state index >= 15 is 0 Å². The van der Waals surface area contributed by atoms with Gasteiger partial charge in [-0.1, -0.05) is 119 Å². The summed E-state index contributed by atoms with van der Waals surface area (Å²) in [6, 6.07) is 7.69. The fourth-order valence-electron chi connectivity index (χ4n) is 5.97. The fourth-order valence-corrected chi connectivity index (χ4v) is 5.97. The van der Waals surface area contributed by atoms with Gasteiger partial charge < -0.3 is 10.2 Å². The van der Waals surface area contributed by atoms with E-state index in [-0.39, 0.29) is 5.92 Å². The number of ketones is 1. The van der Waals surface area contributed by atoms with Crippen molar-refractivity contribution < 1.29 is 4.79 Å². The molecule has 1 N–H and O–H groups in total. The van der Waals surface area contributed by atoms with Gasteiger partial charge >= 0.3 is 0 Å². The summed E-state index contributed by atoms with van der Waals surface area (Å²) in [6.07, 6.45) is 13.1. The minimum atomic E-state index is 0.246. The Morgan fingerprint density at radius 3 is 1.95 bits per heavy atom. The molecule has 2 aliphatic heterocycles. The van der Waals surface area contributed by atoms with E-state index in [0.29, 0.717) is 24.5 Å². The largest absolute Gasteiger partial charge is 0.317 e. The van der Waals surface area contributed by atoms with Crippen LogP contribution in [0.25, 0.3) is 5.57 Å². The second-order valence-electron chi connectivity index (χ2n) is 11.6. The molecule has 1 aromatic rings. The first kappa shape index (κ1) is 43.4. The maximum atomic E-state index is 12.1. The van der Waals surface area contributed by atoms with Crippen molar-refractivity contribution in [3.8, 4) is 0 Å². The van der Waals surface area contributed by atoms with Gasteiger partial charge in [-0.25, -0.2) is 0 Å². The van der Waals surface area contributed by atoms with Crippen LogP contribution in [0.5, 0.6) is 0 Å². The van der Waals surface area contributed by atoms with Crippen molar-refractivity contribution in [1.29, 1.82) is 0 Å². The zero-order valence-electron chi connectivity index (χ0n) is 31.0. The normalized spacial score (nSPS) is 16.5. The molecule has 2 fully saturated rings. The standard InChI is InChI=1S/C30H46N2O.2C3H8.2C2H6/c1-6-9-30(27(22(3)4)13-12-26(33)7-2)29-11-8-10-28(23(29)5)24-16-20-32(21-17-24)25-14-18-31-19-15-25;2*1-3-2;2*1-2/h8-11,24-25,27,31H,3,6-7,12-21H2,1-2,4-5H3;2*3H2,1-2H3;2*1-2H3/b30-9+;;;;. The van der Waals surface area contributed by atoms with Crippen molar-refractivity contribution in [1.82, 2.24) is 10.2 Å². The minimum absolute atomic E-state index is 0.246. The first-order chi connectivity index (χ1) is 20.8. The zero-order valence-corrected chi connectivity index (χ0v) is 31.0. The van der Waals surface area contributed by atoms with E-state index in [0.717, 1.165) is 18.9 Å². The van der Waals surface area contributed by atoms with Crippen molar-refractivity contribution in [2.75, 3.05) is 26.2 Å². The monoisotopic (exact) mass is 599 g/mol. The van der Waals surface area contributed by atoms with Gasteiger partial charge in [0.1, 0.15) is 5.78 Å². The predicted octanol–water partition coefficient (Wildman–Crippen LogP) is 11.6. The maximum absolute atomic E-state index is 12.1. The Labute approximate surface area is 270 Å². The molecule has 0 amide bonds. The smallest absolute Gasteiger partial charge is 0.132 e. The highest BCUT2D eigenvalue weighted by atomic mass is 16.1. The highest BCUT2D eigenvalue weighted by molar-refractivity contribution is 5.79. The van der Waals surface area contributed by atoms with E-state index in [1.807, 2.05) is 34.6 Å². The number of nitrogens with zero attached hydrogens (tertiary/aromatic N) is 1. The molecule has 1 aromatic carbocycles. The molecule has 3 rings (SSSR count). The number of carbonyl (C=O) groups excluding carboxylic acids is 1. The molecule has 3 heteroatoms. The number of hydrogen-bond acceptors (Lipinski definition) is 3.